The molecule has 4 rings (SSSR count). The molecule has 3 atom stereocenters. The summed E-state index contributed by atoms with van der Waals surface area (Å²) < 4.78 is 6.72. The fourth-order valence-corrected chi connectivity index (χ4v) is 4.72. The van der Waals surface area contributed by atoms with Gasteiger partial charge in [0, 0.05) is 23.7 Å². The van der Waals surface area contributed by atoms with Crippen LogP contribution in [0.25, 0.3) is 0 Å². The Morgan fingerprint density at radius 3 is 2.19 bits per heavy atom. The van der Waals surface area contributed by atoms with E-state index in [1.54, 1.807) is 0 Å². The van der Waals surface area contributed by atoms with E-state index in [-0.39, 0.29) is 18.5 Å². The van der Waals surface area contributed by atoms with Gasteiger partial charge in [0.05, 0.1) is 6.10 Å². The molecule has 2 aromatic carbocycles. The molecule has 0 radical (unpaired) electrons. The van der Waals surface area contributed by atoms with Crippen LogP contribution in [0.2, 0.25) is 5.02 Å². The second kappa shape index (κ2) is 9.25. The smallest absolute Gasteiger partial charge is 0.108 e. The second-order valence-electron chi connectivity index (χ2n) is 7.44. The molecule has 2 aliphatic rings. The highest BCUT2D eigenvalue weighted by atomic mass is 35.5. The zero-order valence-corrected chi connectivity index (χ0v) is 17.0. The summed E-state index contributed by atoms with van der Waals surface area (Å²) in [6, 6.07) is 19.9. The maximum Gasteiger partial charge on any atom is 0.108 e. The van der Waals surface area contributed by atoms with Crippen molar-refractivity contribution in [1.29, 1.82) is 0 Å². The third-order valence-electron chi connectivity index (χ3n) is 5.78. The molecule has 0 N–H and O–H groups in total. The van der Waals surface area contributed by atoms with Crippen LogP contribution in [-0.4, -0.2) is 29.6 Å². The van der Waals surface area contributed by atoms with Crippen molar-refractivity contribution in [3.63, 3.8) is 0 Å². The highest BCUT2D eigenvalue weighted by Gasteiger charge is 2.41. The van der Waals surface area contributed by atoms with Gasteiger partial charge in [0.1, 0.15) is 6.10 Å². The van der Waals surface area contributed by atoms with Crippen LogP contribution in [0.15, 0.2) is 67.3 Å². The number of halogens is 2. The first-order valence-corrected chi connectivity index (χ1v) is 9.95. The average molecular weight is 404 g/mol. The summed E-state index contributed by atoms with van der Waals surface area (Å²) in [6.07, 6.45) is 7.10. The number of hydrogen-bond acceptors (Lipinski definition) is 2. The lowest BCUT2D eigenvalue weighted by Gasteiger charge is -2.39. The van der Waals surface area contributed by atoms with Crippen LogP contribution in [0.3, 0.4) is 0 Å². The van der Waals surface area contributed by atoms with Gasteiger partial charge < -0.3 is 4.74 Å². The Morgan fingerprint density at radius 1 is 1.00 bits per heavy atom. The summed E-state index contributed by atoms with van der Waals surface area (Å²) in [7, 11) is 0. The predicted molar refractivity (Wildman–Crippen MR) is 115 cm³/mol. The lowest BCUT2D eigenvalue weighted by Crippen LogP contribution is -2.45. The molecule has 144 valence electrons. The van der Waals surface area contributed by atoms with Crippen LogP contribution < -0.4 is 0 Å². The topological polar surface area (TPSA) is 12.5 Å². The van der Waals surface area contributed by atoms with Gasteiger partial charge >= 0.3 is 0 Å². The SMILES string of the molecule is C=CCN1C2CCC1CC(OC(c1ccccc1)c1ccc(Cl)cc1)C2.Cl. The first kappa shape index (κ1) is 20.4. The molecule has 0 aromatic heterocycles. The molecule has 0 spiro atoms. The predicted octanol–water partition coefficient (Wildman–Crippen LogP) is 6.05. The third kappa shape index (κ3) is 4.57. The van der Waals surface area contributed by atoms with Gasteiger partial charge in [-0.15, -0.1) is 19.0 Å². The fraction of sp³-hybridized carbons (Fsp3) is 0.391. The first-order valence-electron chi connectivity index (χ1n) is 9.57. The Labute approximate surface area is 173 Å². The summed E-state index contributed by atoms with van der Waals surface area (Å²) in [5, 5.41) is 0.760. The maximum absolute atomic E-state index is 6.72. The Bertz CT molecular complexity index is 720. The van der Waals surface area contributed by atoms with E-state index in [1.807, 2.05) is 18.2 Å². The van der Waals surface area contributed by atoms with E-state index >= 15 is 0 Å². The minimum atomic E-state index is -0.0381. The van der Waals surface area contributed by atoms with Gasteiger partial charge in [-0.2, -0.15) is 0 Å². The molecule has 2 aromatic rings. The van der Waals surface area contributed by atoms with Crippen molar-refractivity contribution in [2.75, 3.05) is 6.54 Å². The molecule has 2 nitrogen and oxygen atoms in total. The van der Waals surface area contributed by atoms with Crippen molar-refractivity contribution in [3.8, 4) is 0 Å². The molecule has 0 amide bonds. The Morgan fingerprint density at radius 2 is 1.59 bits per heavy atom. The number of ether oxygens (including phenoxy) is 1. The van der Waals surface area contributed by atoms with Crippen molar-refractivity contribution in [2.45, 2.75) is 50.0 Å². The number of benzene rings is 2. The van der Waals surface area contributed by atoms with Crippen LogP contribution >= 0.6 is 24.0 Å². The molecule has 0 aliphatic carbocycles. The van der Waals surface area contributed by atoms with Crippen LogP contribution in [-0.2, 0) is 4.74 Å². The summed E-state index contributed by atoms with van der Waals surface area (Å²) in [5.74, 6) is 0. The van der Waals surface area contributed by atoms with Crippen LogP contribution in [0.5, 0.6) is 0 Å². The van der Waals surface area contributed by atoms with Crippen LogP contribution in [0.1, 0.15) is 42.9 Å². The van der Waals surface area contributed by atoms with E-state index in [0.717, 1.165) is 24.4 Å². The highest BCUT2D eigenvalue weighted by molar-refractivity contribution is 6.30. The minimum absolute atomic E-state index is 0. The van der Waals surface area contributed by atoms with E-state index < -0.39 is 0 Å². The highest BCUT2D eigenvalue weighted by Crippen LogP contribution is 2.39. The normalized spacial score (nSPS) is 25.6. The molecule has 2 aliphatic heterocycles. The second-order valence-corrected chi connectivity index (χ2v) is 7.88. The van der Waals surface area contributed by atoms with Gasteiger partial charge in [0.25, 0.3) is 0 Å². The maximum atomic E-state index is 6.72. The third-order valence-corrected chi connectivity index (χ3v) is 6.04. The lowest BCUT2D eigenvalue weighted by atomic mass is 9.97. The zero-order chi connectivity index (χ0) is 17.9. The quantitative estimate of drug-likeness (QED) is 0.544. The van der Waals surface area contributed by atoms with Crippen molar-refractivity contribution in [2.24, 2.45) is 0 Å². The number of piperidine rings is 1. The molecular weight excluding hydrogens is 377 g/mol. The Balaban J connectivity index is 0.00000210. The van der Waals surface area contributed by atoms with E-state index in [0.29, 0.717) is 18.2 Å². The molecule has 4 heteroatoms. The van der Waals surface area contributed by atoms with Crippen LogP contribution in [0.4, 0.5) is 0 Å². The number of rotatable bonds is 6. The molecule has 27 heavy (non-hydrogen) atoms. The number of hydrogen-bond donors (Lipinski definition) is 0. The molecule has 2 bridgehead atoms. The summed E-state index contributed by atoms with van der Waals surface area (Å²) in [5.41, 5.74) is 2.37. The minimum Gasteiger partial charge on any atom is -0.365 e. The van der Waals surface area contributed by atoms with Gasteiger partial charge in [0.2, 0.25) is 0 Å². The van der Waals surface area contributed by atoms with E-state index in [1.165, 1.54) is 24.0 Å². The van der Waals surface area contributed by atoms with Gasteiger partial charge in [-0.1, -0.05) is 60.1 Å². The number of fused-ring (bicyclic) bond motifs is 2. The summed E-state index contributed by atoms with van der Waals surface area (Å²) >= 11 is 6.09. The Hall–Kier alpha value is -1.32. The van der Waals surface area contributed by atoms with Crippen LogP contribution in [0, 0.1) is 0 Å². The largest absolute Gasteiger partial charge is 0.365 e. The molecule has 2 saturated heterocycles. The first-order chi connectivity index (χ1) is 12.7. The standard InChI is InChI=1S/C23H26ClNO.ClH/c1-2-14-25-20-12-13-21(25)16-22(15-20)26-23(17-6-4-3-5-7-17)18-8-10-19(24)11-9-18;/h2-11,20-23H,1,12-16H2;1H. The van der Waals surface area contributed by atoms with Gasteiger partial charge in [-0.25, -0.2) is 0 Å². The molecule has 0 saturated carbocycles. The van der Waals surface area contributed by atoms with Crippen molar-refractivity contribution in [1.82, 2.24) is 4.90 Å². The summed E-state index contributed by atoms with van der Waals surface area (Å²) in [6.45, 7) is 4.92. The molecule has 2 fully saturated rings. The average Bonchev–Trinajstić information content (AvgIpc) is 2.90. The van der Waals surface area contributed by atoms with Crippen molar-refractivity contribution < 1.29 is 4.74 Å². The Kier molecular flexibility index (Phi) is 6.99. The van der Waals surface area contributed by atoms with Gasteiger partial charge in [0.15, 0.2) is 0 Å². The molecular formula is C23H27Cl2NO. The zero-order valence-electron chi connectivity index (χ0n) is 15.5. The van der Waals surface area contributed by atoms with E-state index in [9.17, 15) is 0 Å². The van der Waals surface area contributed by atoms with Crippen molar-refractivity contribution >= 4 is 24.0 Å². The lowest BCUT2D eigenvalue weighted by molar-refractivity contribution is -0.0457. The molecule has 2 heterocycles. The summed E-state index contributed by atoms with van der Waals surface area (Å²) in [4.78, 5) is 2.62. The van der Waals surface area contributed by atoms with E-state index in [2.05, 4.69) is 53.9 Å². The van der Waals surface area contributed by atoms with Gasteiger partial charge in [-0.3, -0.25) is 4.90 Å². The van der Waals surface area contributed by atoms with Crippen molar-refractivity contribution in [3.05, 3.63) is 83.4 Å². The fourth-order valence-electron chi connectivity index (χ4n) is 4.59. The monoisotopic (exact) mass is 403 g/mol. The van der Waals surface area contributed by atoms with Gasteiger partial charge in [-0.05, 0) is 48.9 Å². The molecule has 3 unspecified atom stereocenters. The number of nitrogens with zero attached hydrogens (tertiary/aromatic N) is 1. The van der Waals surface area contributed by atoms with E-state index in [4.69, 9.17) is 16.3 Å².